The molecule has 1 unspecified atom stereocenters. The second-order valence-electron chi connectivity index (χ2n) is 3.90. The average Bonchev–Trinajstić information content (AvgIpc) is 2.58. The Morgan fingerprint density at radius 2 is 2.11 bits per heavy atom. The largest absolute Gasteiger partial charge is 0.295 e. The van der Waals surface area contributed by atoms with Gasteiger partial charge in [0, 0.05) is 29.7 Å². The summed E-state index contributed by atoms with van der Waals surface area (Å²) >= 11 is 5.77. The predicted molar refractivity (Wildman–Crippen MR) is 67.3 cm³/mol. The summed E-state index contributed by atoms with van der Waals surface area (Å²) in [5, 5.41) is -0.719. The van der Waals surface area contributed by atoms with Crippen LogP contribution in [0.1, 0.15) is 12.2 Å². The molecule has 1 aliphatic heterocycles. The van der Waals surface area contributed by atoms with Gasteiger partial charge >= 0.3 is 0 Å². The lowest BCUT2D eigenvalue weighted by atomic mass is 10.4. The number of nitrogens with zero attached hydrogens (tertiary/aromatic N) is 3. The fourth-order valence-electron chi connectivity index (χ4n) is 1.74. The Labute approximate surface area is 113 Å². The zero-order chi connectivity index (χ0) is 13.5. The minimum atomic E-state index is -3.76. The normalized spacial score (nSPS) is 20.5. The standard InChI is InChI=1S/C9H9Cl2N3O3S/c1-5-12-7(10)3-8(13-5)14-4-6(2-9(14)15)18(11,16)17/h3,6H,2,4H2,1H3. The molecule has 0 spiro atoms. The van der Waals surface area contributed by atoms with Crippen LogP contribution in [0, 0.1) is 6.92 Å². The van der Waals surface area contributed by atoms with Gasteiger partial charge in [-0.3, -0.25) is 9.69 Å². The first kappa shape index (κ1) is 13.5. The molecule has 1 fully saturated rings. The van der Waals surface area contributed by atoms with E-state index in [4.69, 9.17) is 22.3 Å². The Morgan fingerprint density at radius 1 is 1.44 bits per heavy atom. The summed E-state index contributed by atoms with van der Waals surface area (Å²) in [5.41, 5.74) is 0. The summed E-state index contributed by atoms with van der Waals surface area (Å²) in [6.45, 7) is 1.61. The van der Waals surface area contributed by atoms with Crippen LogP contribution < -0.4 is 4.90 Å². The summed E-state index contributed by atoms with van der Waals surface area (Å²) in [5.74, 6) is 0.348. The number of aryl methyl sites for hydroxylation is 1. The van der Waals surface area contributed by atoms with E-state index in [1.54, 1.807) is 6.92 Å². The number of anilines is 1. The van der Waals surface area contributed by atoms with Crippen molar-refractivity contribution in [3.8, 4) is 0 Å². The highest BCUT2D eigenvalue weighted by Crippen LogP contribution is 2.26. The van der Waals surface area contributed by atoms with Crippen LogP contribution in [0.25, 0.3) is 0 Å². The van der Waals surface area contributed by atoms with Crippen LogP contribution in [0.3, 0.4) is 0 Å². The Hall–Kier alpha value is -0.920. The molecular weight excluding hydrogens is 301 g/mol. The van der Waals surface area contributed by atoms with Crippen LogP contribution >= 0.6 is 22.3 Å². The average molecular weight is 310 g/mol. The highest BCUT2D eigenvalue weighted by Gasteiger charge is 2.38. The van der Waals surface area contributed by atoms with Gasteiger partial charge in [0.25, 0.3) is 0 Å². The van der Waals surface area contributed by atoms with Crippen molar-refractivity contribution in [2.75, 3.05) is 11.4 Å². The van der Waals surface area contributed by atoms with E-state index in [0.717, 1.165) is 0 Å². The Morgan fingerprint density at radius 3 is 2.61 bits per heavy atom. The highest BCUT2D eigenvalue weighted by atomic mass is 35.7. The number of carbonyl (C=O) groups is 1. The zero-order valence-electron chi connectivity index (χ0n) is 9.30. The van der Waals surface area contributed by atoms with E-state index < -0.39 is 14.3 Å². The zero-order valence-corrected chi connectivity index (χ0v) is 11.6. The van der Waals surface area contributed by atoms with Crippen molar-refractivity contribution in [1.29, 1.82) is 0 Å². The lowest BCUT2D eigenvalue weighted by molar-refractivity contribution is -0.117. The summed E-state index contributed by atoms with van der Waals surface area (Å²) in [6.07, 6.45) is -0.146. The fourth-order valence-corrected chi connectivity index (χ4v) is 2.99. The summed E-state index contributed by atoms with van der Waals surface area (Å²) in [6, 6.07) is 1.41. The topological polar surface area (TPSA) is 80.2 Å². The molecule has 1 aromatic heterocycles. The minimum Gasteiger partial charge on any atom is -0.295 e. The molecule has 6 nitrogen and oxygen atoms in total. The predicted octanol–water partition coefficient (Wildman–Crippen LogP) is 1.11. The number of rotatable bonds is 2. The van der Waals surface area contributed by atoms with Crippen LogP contribution in [0.15, 0.2) is 6.07 Å². The van der Waals surface area contributed by atoms with Crippen LogP contribution in [-0.2, 0) is 13.8 Å². The van der Waals surface area contributed by atoms with Gasteiger partial charge in [-0.15, -0.1) is 0 Å². The number of hydrogen-bond donors (Lipinski definition) is 0. The maximum Gasteiger partial charge on any atom is 0.237 e. The van der Waals surface area contributed by atoms with E-state index >= 15 is 0 Å². The van der Waals surface area contributed by atoms with Crippen molar-refractivity contribution in [3.05, 3.63) is 17.0 Å². The molecular formula is C9H9Cl2N3O3S. The molecule has 2 heterocycles. The molecule has 9 heteroatoms. The molecule has 0 aromatic carbocycles. The number of aromatic nitrogens is 2. The van der Waals surface area contributed by atoms with E-state index in [1.807, 2.05) is 0 Å². The third kappa shape index (κ3) is 2.73. The van der Waals surface area contributed by atoms with E-state index in [1.165, 1.54) is 11.0 Å². The van der Waals surface area contributed by atoms with Gasteiger partial charge in [-0.2, -0.15) is 0 Å². The number of amides is 1. The van der Waals surface area contributed by atoms with E-state index in [-0.39, 0.29) is 24.0 Å². The fraction of sp³-hybridized carbons (Fsp3) is 0.444. The molecule has 0 aliphatic carbocycles. The molecule has 0 radical (unpaired) electrons. The van der Waals surface area contributed by atoms with E-state index in [2.05, 4.69) is 9.97 Å². The minimum absolute atomic E-state index is 0.0164. The second kappa shape index (κ2) is 4.64. The van der Waals surface area contributed by atoms with Gasteiger partial charge in [-0.25, -0.2) is 18.4 Å². The Bertz CT molecular complexity index is 585. The first-order valence-corrected chi connectivity index (χ1v) is 7.77. The molecule has 1 saturated heterocycles. The quantitative estimate of drug-likeness (QED) is 0.604. The van der Waals surface area contributed by atoms with Crippen molar-refractivity contribution in [3.63, 3.8) is 0 Å². The molecule has 98 valence electrons. The van der Waals surface area contributed by atoms with Gasteiger partial charge in [0.15, 0.2) is 0 Å². The van der Waals surface area contributed by atoms with Gasteiger partial charge < -0.3 is 0 Å². The van der Waals surface area contributed by atoms with Crippen LogP contribution in [0.2, 0.25) is 5.15 Å². The lowest BCUT2D eigenvalue weighted by Gasteiger charge is -2.15. The molecule has 1 aromatic rings. The molecule has 0 bridgehead atoms. The summed E-state index contributed by atoms with van der Waals surface area (Å²) in [4.78, 5) is 20.9. The molecule has 0 N–H and O–H groups in total. The van der Waals surface area contributed by atoms with Crippen molar-refractivity contribution in [2.24, 2.45) is 0 Å². The van der Waals surface area contributed by atoms with Gasteiger partial charge in [0.1, 0.15) is 22.0 Å². The van der Waals surface area contributed by atoms with E-state index in [0.29, 0.717) is 11.6 Å². The van der Waals surface area contributed by atoms with E-state index in [9.17, 15) is 13.2 Å². The maximum atomic E-state index is 11.8. The number of halogens is 2. The van der Waals surface area contributed by atoms with Gasteiger partial charge in [0.05, 0.1) is 0 Å². The lowest BCUT2D eigenvalue weighted by Crippen LogP contribution is -2.27. The second-order valence-corrected chi connectivity index (χ2v) is 7.20. The Kier molecular flexibility index (Phi) is 3.48. The monoisotopic (exact) mass is 309 g/mol. The first-order valence-electron chi connectivity index (χ1n) is 5.02. The first-order chi connectivity index (χ1) is 8.27. The maximum absolute atomic E-state index is 11.8. The summed E-state index contributed by atoms with van der Waals surface area (Å²) in [7, 11) is 1.49. The van der Waals surface area contributed by atoms with Gasteiger partial charge in [-0.05, 0) is 6.92 Å². The number of carbonyl (C=O) groups excluding carboxylic acids is 1. The van der Waals surface area contributed by atoms with Crippen molar-refractivity contribution >= 4 is 43.1 Å². The van der Waals surface area contributed by atoms with Crippen LogP contribution in [0.5, 0.6) is 0 Å². The molecule has 2 rings (SSSR count). The molecule has 1 amide bonds. The molecule has 0 saturated carbocycles. The van der Waals surface area contributed by atoms with Gasteiger partial charge in [-0.1, -0.05) is 11.6 Å². The van der Waals surface area contributed by atoms with Gasteiger partial charge in [0.2, 0.25) is 15.0 Å². The molecule has 1 atom stereocenters. The SMILES string of the molecule is Cc1nc(Cl)cc(N2CC(S(=O)(=O)Cl)CC2=O)n1. The van der Waals surface area contributed by atoms with Crippen molar-refractivity contribution in [2.45, 2.75) is 18.6 Å². The third-order valence-electron chi connectivity index (χ3n) is 2.56. The number of hydrogen-bond acceptors (Lipinski definition) is 5. The van der Waals surface area contributed by atoms with Crippen LogP contribution in [-0.4, -0.2) is 36.1 Å². The smallest absolute Gasteiger partial charge is 0.237 e. The van der Waals surface area contributed by atoms with Crippen LogP contribution in [0.4, 0.5) is 5.82 Å². The van der Waals surface area contributed by atoms with Crippen molar-refractivity contribution in [1.82, 2.24) is 9.97 Å². The molecule has 18 heavy (non-hydrogen) atoms. The third-order valence-corrected chi connectivity index (χ3v) is 4.62. The summed E-state index contributed by atoms with van der Waals surface area (Å²) < 4.78 is 22.4. The van der Waals surface area contributed by atoms with Crippen molar-refractivity contribution < 1.29 is 13.2 Å². The molecule has 1 aliphatic rings. The Balaban J connectivity index is 2.32. The highest BCUT2D eigenvalue weighted by molar-refractivity contribution is 8.14.